The van der Waals surface area contributed by atoms with E-state index in [9.17, 15) is 14.1 Å². The number of carbonyl (C=O) groups is 1. The average molecular weight is 425 g/mol. The molecule has 0 spiro atoms. The molecule has 0 fully saturated rings. The molecule has 1 aromatic heterocycles. The minimum Gasteiger partial charge on any atom is -0.480 e. The number of benzene rings is 1. The summed E-state index contributed by atoms with van der Waals surface area (Å²) in [5.74, 6) is -0.811. The summed E-state index contributed by atoms with van der Waals surface area (Å²) in [6, 6.07) is 7.69. The van der Waals surface area contributed by atoms with Crippen molar-refractivity contribution in [3.63, 3.8) is 0 Å². The Balaban J connectivity index is 1.87. The van der Waals surface area contributed by atoms with Crippen LogP contribution in [0.4, 0.5) is 0 Å². The summed E-state index contributed by atoms with van der Waals surface area (Å²) in [6.07, 6.45) is 4.93. The van der Waals surface area contributed by atoms with Crippen LogP contribution in [-0.4, -0.2) is 38.1 Å². The smallest absolute Gasteiger partial charge is 0.323 e. The predicted molar refractivity (Wildman–Crippen MR) is 115 cm³/mol. The van der Waals surface area contributed by atoms with E-state index in [0.717, 1.165) is 43.4 Å². The molecule has 1 unspecified atom stereocenters. The van der Waals surface area contributed by atoms with E-state index in [-0.39, 0.29) is 19.7 Å². The maximum absolute atomic E-state index is 12.7. The van der Waals surface area contributed by atoms with Gasteiger partial charge in [0.25, 0.3) is 0 Å². The number of nitrogens with zero attached hydrogens (tertiary/aromatic N) is 1. The lowest BCUT2D eigenvalue weighted by Crippen LogP contribution is -2.28. The highest BCUT2D eigenvalue weighted by atomic mass is 32.8. The van der Waals surface area contributed by atoms with Gasteiger partial charge in [0.1, 0.15) is 6.54 Å². The van der Waals surface area contributed by atoms with Crippen molar-refractivity contribution in [2.45, 2.75) is 50.5 Å². The van der Waals surface area contributed by atoms with Crippen molar-refractivity contribution in [3.8, 4) is 0 Å². The highest BCUT2D eigenvalue weighted by Crippen LogP contribution is 2.32. The summed E-state index contributed by atoms with van der Waals surface area (Å²) in [7, 11) is -0.397. The number of aliphatic carboxylic acids is 1. The first-order chi connectivity index (χ1) is 13.3. The number of aliphatic hydroxyl groups is 1. The van der Waals surface area contributed by atoms with Gasteiger partial charge in [-0.25, -0.2) is 0 Å². The lowest BCUT2D eigenvalue weighted by molar-refractivity contribution is -0.137. The molecule has 2 aromatic rings. The Morgan fingerprint density at radius 2 is 1.93 bits per heavy atom. The van der Waals surface area contributed by atoms with Gasteiger partial charge in [-0.1, -0.05) is 12.1 Å². The first-order valence-corrected chi connectivity index (χ1v) is 12.9. The molecule has 0 aliphatic heterocycles. The number of nitrogens with one attached hydrogen (secondary N) is 1. The second-order valence-corrected chi connectivity index (χ2v) is 11.6. The van der Waals surface area contributed by atoms with E-state index in [1.165, 1.54) is 16.8 Å². The molecule has 1 atom stereocenters. The molecule has 8 heteroatoms. The van der Waals surface area contributed by atoms with Crippen LogP contribution < -0.4 is 4.72 Å². The second kappa shape index (κ2) is 8.87. The van der Waals surface area contributed by atoms with Crippen molar-refractivity contribution < 1.29 is 19.2 Å². The van der Waals surface area contributed by atoms with Gasteiger partial charge in [-0.3, -0.25) is 13.7 Å². The third-order valence-electron chi connectivity index (χ3n) is 5.42. The number of aliphatic hydroxyl groups excluding tert-OH is 1. The molecule has 0 bridgehead atoms. The topological polar surface area (TPSA) is 91.6 Å². The molecule has 0 saturated heterocycles. The molecule has 154 valence electrons. The van der Waals surface area contributed by atoms with Crippen LogP contribution in [0.15, 0.2) is 29.2 Å². The zero-order chi connectivity index (χ0) is 20.3. The highest BCUT2D eigenvalue weighted by Gasteiger charge is 2.23. The Labute approximate surface area is 168 Å². The summed E-state index contributed by atoms with van der Waals surface area (Å²) in [4.78, 5) is 12.0. The van der Waals surface area contributed by atoms with Crippen LogP contribution in [0.2, 0.25) is 0 Å². The van der Waals surface area contributed by atoms with Gasteiger partial charge in [-0.2, -0.15) is 0 Å². The third-order valence-corrected chi connectivity index (χ3v) is 8.62. The molecule has 0 amide bonds. The first-order valence-electron chi connectivity index (χ1n) is 9.59. The van der Waals surface area contributed by atoms with E-state index in [1.807, 2.05) is 35.8 Å². The van der Waals surface area contributed by atoms with E-state index >= 15 is 0 Å². The van der Waals surface area contributed by atoms with Crippen LogP contribution in [-0.2, 0) is 40.3 Å². The maximum Gasteiger partial charge on any atom is 0.323 e. The quantitative estimate of drug-likeness (QED) is 0.385. The summed E-state index contributed by atoms with van der Waals surface area (Å²) >= 11 is 0. The number of hydrogen-bond acceptors (Lipinski definition) is 3. The van der Waals surface area contributed by atoms with Gasteiger partial charge >= 0.3 is 5.97 Å². The number of rotatable bonds is 8. The van der Waals surface area contributed by atoms with Crippen molar-refractivity contribution in [2.24, 2.45) is 0 Å². The summed E-state index contributed by atoms with van der Waals surface area (Å²) in [5, 5.41) is 18.2. The number of hydrogen-bond donors (Lipinski definition) is 4. The fourth-order valence-electron chi connectivity index (χ4n) is 4.03. The lowest BCUT2D eigenvalue weighted by Gasteiger charge is -2.20. The average Bonchev–Trinajstić information content (AvgIpc) is 2.92. The minimum absolute atomic E-state index is 0.0138. The zero-order valence-corrected chi connectivity index (χ0v) is 18.2. The van der Waals surface area contributed by atoms with Crippen LogP contribution in [0.3, 0.4) is 0 Å². The van der Waals surface area contributed by atoms with Crippen LogP contribution in [0.25, 0.3) is 0 Å². The number of carboxylic acid groups (broad SMARTS) is 1. The molecular formula is C20H29N2O4PS. The first kappa shape index (κ1) is 21.2. The van der Waals surface area contributed by atoms with Gasteiger partial charge in [-0.15, -0.1) is 0 Å². The molecule has 1 heterocycles. The molecule has 1 aliphatic carbocycles. The zero-order valence-electron chi connectivity index (χ0n) is 16.1. The lowest BCUT2D eigenvalue weighted by atomic mass is 9.92. The van der Waals surface area contributed by atoms with Crippen molar-refractivity contribution >= 4 is 24.1 Å². The van der Waals surface area contributed by atoms with E-state index in [2.05, 4.69) is 13.2 Å². The Morgan fingerprint density at radius 3 is 2.57 bits per heavy atom. The number of thiol groups is 1. The Morgan fingerprint density at radius 1 is 1.25 bits per heavy atom. The van der Waals surface area contributed by atoms with Crippen LogP contribution in [0.1, 0.15) is 40.9 Å². The van der Waals surface area contributed by atoms with Crippen LogP contribution in [0, 0.1) is 6.92 Å². The second-order valence-electron chi connectivity index (χ2n) is 7.31. The molecule has 1 aromatic carbocycles. The van der Waals surface area contributed by atoms with E-state index in [4.69, 9.17) is 5.11 Å². The van der Waals surface area contributed by atoms with Gasteiger partial charge in [0.05, 0.1) is 6.61 Å². The number of fused-ring (bicyclic) bond motifs is 1. The Bertz CT molecular complexity index is 908. The SMILES string of the molecule is Cc1c(Cc2ccc([SH](=O)(P)NCCO)cc2)c2c(n1CC(=O)O)CCCC2. The molecule has 0 saturated carbocycles. The standard InChI is InChI=1S/C20H29N2O4PS/c1-14-18(17-4-2-3-5-19(17)22(14)13-20(24)25)12-15-6-8-16(9-7-15)28(26,27)21-10-11-23/h6-9,23,28H,2-5,10-13,27H2,1H3,(H,21,26)(H,24,25). The number of aromatic nitrogens is 1. The van der Waals surface area contributed by atoms with Gasteiger partial charge in [-0.05, 0) is 86.0 Å². The molecule has 1 aliphatic rings. The van der Waals surface area contributed by atoms with Gasteiger partial charge < -0.3 is 14.8 Å². The van der Waals surface area contributed by atoms with E-state index in [1.54, 1.807) is 0 Å². The van der Waals surface area contributed by atoms with Crippen molar-refractivity contribution in [2.75, 3.05) is 13.2 Å². The molecule has 3 rings (SSSR count). The summed E-state index contributed by atoms with van der Waals surface area (Å²) in [6.45, 7) is 2.25. The molecule has 28 heavy (non-hydrogen) atoms. The van der Waals surface area contributed by atoms with Gasteiger partial charge in [0.15, 0.2) is 0 Å². The van der Waals surface area contributed by atoms with E-state index in [0.29, 0.717) is 4.90 Å². The maximum atomic E-state index is 12.7. The fraction of sp³-hybridized carbons (Fsp3) is 0.450. The summed E-state index contributed by atoms with van der Waals surface area (Å²) in [5.41, 5.74) is 5.88. The van der Waals surface area contributed by atoms with Gasteiger partial charge in [0, 0.05) is 22.8 Å². The van der Waals surface area contributed by atoms with Crippen molar-refractivity contribution in [1.82, 2.24) is 9.29 Å². The molecule has 0 radical (unpaired) electrons. The normalized spacial score (nSPS) is 14.7. The highest BCUT2D eigenvalue weighted by molar-refractivity contribution is 8.44. The van der Waals surface area contributed by atoms with Crippen molar-refractivity contribution in [3.05, 3.63) is 52.3 Å². The Kier molecular flexibility index (Phi) is 6.71. The third kappa shape index (κ3) is 4.54. The van der Waals surface area contributed by atoms with Crippen LogP contribution in [0.5, 0.6) is 0 Å². The van der Waals surface area contributed by atoms with E-state index < -0.39 is 15.7 Å². The predicted octanol–water partition coefficient (Wildman–Crippen LogP) is 2.01. The van der Waals surface area contributed by atoms with Crippen LogP contribution >= 0.6 is 8.44 Å². The molecule has 3 N–H and O–H groups in total. The molecular weight excluding hydrogens is 395 g/mol. The minimum atomic E-state index is -2.77. The van der Waals surface area contributed by atoms with Gasteiger partial charge in [0.2, 0.25) is 0 Å². The van der Waals surface area contributed by atoms with Crippen molar-refractivity contribution in [1.29, 1.82) is 0 Å². The largest absolute Gasteiger partial charge is 0.480 e. The number of carboxylic acids is 1. The fourth-order valence-corrected chi connectivity index (χ4v) is 6.14. The Hall–Kier alpha value is -1.53. The molecule has 6 nitrogen and oxygen atoms in total. The monoisotopic (exact) mass is 424 g/mol. The summed E-state index contributed by atoms with van der Waals surface area (Å²) < 4.78 is 17.5.